The van der Waals surface area contributed by atoms with Crippen LogP contribution in [-0.2, 0) is 11.0 Å². The van der Waals surface area contributed by atoms with Crippen LogP contribution in [0.1, 0.15) is 18.5 Å². The van der Waals surface area contributed by atoms with Crippen molar-refractivity contribution in [2.45, 2.75) is 19.0 Å². The van der Waals surface area contributed by atoms with E-state index in [1.165, 1.54) is 12.0 Å². The number of anilines is 1. The van der Waals surface area contributed by atoms with Crippen LogP contribution in [0.15, 0.2) is 30.3 Å². The molecular weight excluding hydrogens is 363 g/mol. The number of carboxylic acids is 1. The first-order valence-electron chi connectivity index (χ1n) is 8.36. The fourth-order valence-corrected chi connectivity index (χ4v) is 3.01. The Morgan fingerprint density at radius 1 is 1.30 bits per heavy atom. The third kappa shape index (κ3) is 4.29. The first-order chi connectivity index (χ1) is 12.8. The van der Waals surface area contributed by atoms with Gasteiger partial charge >= 0.3 is 12.1 Å². The van der Waals surface area contributed by atoms with Crippen LogP contribution in [-0.4, -0.2) is 41.2 Å². The molecule has 3 rings (SSSR count). The molecule has 2 aromatic rings. The van der Waals surface area contributed by atoms with E-state index < -0.39 is 23.8 Å². The summed E-state index contributed by atoms with van der Waals surface area (Å²) in [6, 6.07) is 7.44. The van der Waals surface area contributed by atoms with E-state index in [9.17, 15) is 23.1 Å². The van der Waals surface area contributed by atoms with Crippen LogP contribution in [0, 0.1) is 5.92 Å². The number of aromatic nitrogens is 2. The van der Waals surface area contributed by atoms with Gasteiger partial charge in [0.25, 0.3) is 0 Å². The normalized spacial score (nSPS) is 17.6. The second kappa shape index (κ2) is 7.42. The largest absolute Gasteiger partial charge is 0.497 e. The number of halogens is 3. The van der Waals surface area contributed by atoms with Crippen LogP contribution in [0.25, 0.3) is 11.3 Å². The summed E-state index contributed by atoms with van der Waals surface area (Å²) in [4.78, 5) is 20.7. The van der Waals surface area contributed by atoms with Gasteiger partial charge in [-0.3, -0.25) is 4.79 Å². The molecule has 0 bridgehead atoms. The number of methoxy groups -OCH3 is 1. The van der Waals surface area contributed by atoms with Crippen LogP contribution >= 0.6 is 0 Å². The summed E-state index contributed by atoms with van der Waals surface area (Å²) >= 11 is 0. The zero-order chi connectivity index (χ0) is 19.6. The molecule has 0 saturated carbocycles. The second-order valence-electron chi connectivity index (χ2n) is 6.29. The zero-order valence-corrected chi connectivity index (χ0v) is 14.5. The minimum atomic E-state index is -4.65. The lowest BCUT2D eigenvalue weighted by atomic mass is 9.99. The Hall–Kier alpha value is -2.84. The van der Waals surface area contributed by atoms with Gasteiger partial charge in [-0.15, -0.1) is 0 Å². The Morgan fingerprint density at radius 2 is 2.07 bits per heavy atom. The summed E-state index contributed by atoms with van der Waals surface area (Å²) in [5, 5.41) is 9.22. The highest BCUT2D eigenvalue weighted by atomic mass is 19.4. The van der Waals surface area contributed by atoms with Crippen LogP contribution in [0.3, 0.4) is 0 Å². The summed E-state index contributed by atoms with van der Waals surface area (Å²) in [7, 11) is 1.46. The average Bonchev–Trinajstić information content (AvgIpc) is 2.67. The van der Waals surface area contributed by atoms with E-state index in [4.69, 9.17) is 4.74 Å². The number of aliphatic carboxylic acids is 1. The van der Waals surface area contributed by atoms with Crippen LogP contribution in [0.2, 0.25) is 0 Å². The van der Waals surface area contributed by atoms with Gasteiger partial charge in [-0.05, 0) is 31.0 Å². The topological polar surface area (TPSA) is 75.5 Å². The molecule has 1 N–H and O–H groups in total. The van der Waals surface area contributed by atoms with Crippen LogP contribution in [0.4, 0.5) is 19.1 Å². The van der Waals surface area contributed by atoms with Gasteiger partial charge in [0.2, 0.25) is 5.95 Å². The van der Waals surface area contributed by atoms with E-state index in [1.54, 1.807) is 24.3 Å². The van der Waals surface area contributed by atoms with E-state index in [2.05, 4.69) is 9.97 Å². The maximum absolute atomic E-state index is 13.4. The fourth-order valence-electron chi connectivity index (χ4n) is 3.01. The van der Waals surface area contributed by atoms with Crippen molar-refractivity contribution in [2.75, 3.05) is 25.1 Å². The molecule has 144 valence electrons. The molecule has 9 heteroatoms. The monoisotopic (exact) mass is 381 g/mol. The van der Waals surface area contributed by atoms with Crippen molar-refractivity contribution in [1.82, 2.24) is 9.97 Å². The van der Waals surface area contributed by atoms with E-state index in [1.807, 2.05) is 0 Å². The summed E-state index contributed by atoms with van der Waals surface area (Å²) in [5.41, 5.74) is -0.512. The van der Waals surface area contributed by atoms with Gasteiger partial charge in [-0.2, -0.15) is 13.2 Å². The van der Waals surface area contributed by atoms with Crippen molar-refractivity contribution in [2.24, 2.45) is 5.92 Å². The molecule has 0 radical (unpaired) electrons. The molecule has 1 aromatic carbocycles. The van der Waals surface area contributed by atoms with Crippen LogP contribution < -0.4 is 9.64 Å². The highest BCUT2D eigenvalue weighted by molar-refractivity contribution is 5.71. The number of hydrogen-bond donors (Lipinski definition) is 1. The summed E-state index contributed by atoms with van der Waals surface area (Å²) < 4.78 is 45.2. The smallest absolute Gasteiger partial charge is 0.433 e. The number of benzene rings is 1. The number of piperidine rings is 1. The molecular formula is C18H18F3N3O3. The van der Waals surface area contributed by atoms with Gasteiger partial charge in [-0.1, -0.05) is 12.1 Å². The molecule has 2 heterocycles. The Bertz CT molecular complexity index is 842. The molecule has 1 fully saturated rings. The molecule has 1 aliphatic heterocycles. The Kier molecular flexibility index (Phi) is 5.20. The zero-order valence-electron chi connectivity index (χ0n) is 14.5. The third-order valence-electron chi connectivity index (χ3n) is 4.42. The van der Waals surface area contributed by atoms with Crippen LogP contribution in [0.5, 0.6) is 5.75 Å². The predicted molar refractivity (Wildman–Crippen MR) is 91.6 cm³/mol. The number of carboxylic acid groups (broad SMARTS) is 1. The van der Waals surface area contributed by atoms with Gasteiger partial charge in [0.05, 0.1) is 18.7 Å². The van der Waals surface area contributed by atoms with Crippen molar-refractivity contribution in [3.05, 3.63) is 36.0 Å². The summed E-state index contributed by atoms with van der Waals surface area (Å²) in [5.74, 6) is -1.25. The van der Waals surface area contributed by atoms with E-state index in [-0.39, 0.29) is 18.2 Å². The first-order valence-corrected chi connectivity index (χ1v) is 8.36. The number of ether oxygens (including phenoxy) is 1. The first kappa shape index (κ1) is 18.9. The molecule has 0 spiro atoms. The van der Waals surface area contributed by atoms with E-state index in [0.29, 0.717) is 30.7 Å². The van der Waals surface area contributed by atoms with Gasteiger partial charge in [0.15, 0.2) is 5.69 Å². The van der Waals surface area contributed by atoms with Crippen molar-refractivity contribution in [3.63, 3.8) is 0 Å². The molecule has 1 atom stereocenters. The SMILES string of the molecule is COc1cccc(-c2cc(C(F)(F)F)nc(N3CCC[C@H](C(=O)O)C3)n2)c1. The minimum absolute atomic E-state index is 0.0776. The maximum Gasteiger partial charge on any atom is 0.433 e. The van der Waals surface area contributed by atoms with E-state index in [0.717, 1.165) is 6.07 Å². The van der Waals surface area contributed by atoms with Gasteiger partial charge in [-0.25, -0.2) is 9.97 Å². The molecule has 0 amide bonds. The predicted octanol–water partition coefficient (Wildman–Crippen LogP) is 3.47. The van der Waals surface area contributed by atoms with Crippen molar-refractivity contribution in [3.8, 4) is 17.0 Å². The Balaban J connectivity index is 2.04. The Morgan fingerprint density at radius 3 is 2.74 bits per heavy atom. The molecule has 1 aliphatic rings. The minimum Gasteiger partial charge on any atom is -0.497 e. The molecule has 1 saturated heterocycles. The molecule has 0 aliphatic carbocycles. The average molecular weight is 381 g/mol. The second-order valence-corrected chi connectivity index (χ2v) is 6.29. The summed E-state index contributed by atoms with van der Waals surface area (Å²) in [6.45, 7) is 0.483. The van der Waals surface area contributed by atoms with Gasteiger partial charge < -0.3 is 14.7 Å². The number of hydrogen-bond acceptors (Lipinski definition) is 5. The number of carbonyl (C=O) groups is 1. The standard InChI is InChI=1S/C18H18F3N3O3/c1-27-13-6-2-4-11(8-13)14-9-15(18(19,20)21)23-17(22-14)24-7-3-5-12(10-24)16(25)26/h2,4,6,8-9,12H,3,5,7,10H2,1H3,(H,25,26)/t12-/m0/s1. The lowest BCUT2D eigenvalue weighted by Crippen LogP contribution is -2.39. The maximum atomic E-state index is 13.4. The van der Waals surface area contributed by atoms with E-state index >= 15 is 0 Å². The summed E-state index contributed by atoms with van der Waals surface area (Å²) in [6.07, 6.45) is -3.62. The fraction of sp³-hybridized carbons (Fsp3) is 0.389. The van der Waals surface area contributed by atoms with Crippen molar-refractivity contribution in [1.29, 1.82) is 0 Å². The Labute approximate surface area is 153 Å². The molecule has 1 aromatic heterocycles. The lowest BCUT2D eigenvalue weighted by molar-refractivity contribution is -0.142. The van der Waals surface area contributed by atoms with Gasteiger partial charge in [0.1, 0.15) is 5.75 Å². The third-order valence-corrected chi connectivity index (χ3v) is 4.42. The molecule has 0 unspecified atom stereocenters. The van der Waals surface area contributed by atoms with Crippen molar-refractivity contribution >= 4 is 11.9 Å². The lowest BCUT2D eigenvalue weighted by Gasteiger charge is -2.31. The highest BCUT2D eigenvalue weighted by Gasteiger charge is 2.35. The molecule has 27 heavy (non-hydrogen) atoms. The highest BCUT2D eigenvalue weighted by Crippen LogP contribution is 2.33. The number of rotatable bonds is 4. The quantitative estimate of drug-likeness (QED) is 0.874. The van der Waals surface area contributed by atoms with Crippen molar-refractivity contribution < 1.29 is 27.8 Å². The number of nitrogens with zero attached hydrogens (tertiary/aromatic N) is 3. The number of alkyl halides is 3. The molecule has 6 nitrogen and oxygen atoms in total. The van der Waals surface area contributed by atoms with Gasteiger partial charge in [0, 0.05) is 18.7 Å².